The summed E-state index contributed by atoms with van der Waals surface area (Å²) in [5, 5.41) is 17.9. The van der Waals surface area contributed by atoms with Crippen molar-refractivity contribution in [3.05, 3.63) is 0 Å². The lowest BCUT2D eigenvalue weighted by Gasteiger charge is -2.39. The summed E-state index contributed by atoms with van der Waals surface area (Å²) >= 11 is 0. The second-order valence-corrected chi connectivity index (χ2v) is 21.3. The number of rotatable bonds is 21. The molecule has 3 aliphatic rings. The Bertz CT molecular complexity index is 1540. The van der Waals surface area contributed by atoms with Gasteiger partial charge in [-0.05, 0) is 96.3 Å². The SMILES string of the molecule is COC(=O)C1(CNC(=O)[C@H](CC(C)C)NC(=O)C2(CNC(=O)[C@H](CC(C)C)NC(=O)C3(CNC(=O)[C@H](CC(C)C)NC(=O)OC(C)(C)C)CCCCC3)CCCCC2)CCCCC1. The number of hydrogen-bond donors (Lipinski definition) is 6. The molecule has 3 saturated carbocycles. The van der Waals surface area contributed by atoms with Gasteiger partial charge in [0, 0.05) is 19.6 Å². The van der Waals surface area contributed by atoms with E-state index in [0.717, 1.165) is 57.8 Å². The van der Waals surface area contributed by atoms with E-state index in [-0.39, 0.29) is 67.0 Å². The maximum Gasteiger partial charge on any atom is 0.408 e. The predicted octanol–water partition coefficient (Wildman–Crippen LogP) is 6.36. The Kier molecular flexibility index (Phi) is 20.7. The molecular formula is C48H84N6O9. The highest BCUT2D eigenvalue weighted by Crippen LogP contribution is 2.39. The van der Waals surface area contributed by atoms with Crippen LogP contribution in [0.4, 0.5) is 4.79 Å². The van der Waals surface area contributed by atoms with Crippen LogP contribution in [-0.2, 0) is 38.2 Å². The van der Waals surface area contributed by atoms with Gasteiger partial charge in [-0.2, -0.15) is 0 Å². The van der Waals surface area contributed by atoms with Gasteiger partial charge in [0.2, 0.25) is 29.5 Å². The maximum atomic E-state index is 14.4. The number of esters is 1. The predicted molar refractivity (Wildman–Crippen MR) is 243 cm³/mol. The van der Waals surface area contributed by atoms with Crippen LogP contribution in [0.25, 0.3) is 0 Å². The van der Waals surface area contributed by atoms with E-state index < -0.39 is 52.0 Å². The van der Waals surface area contributed by atoms with Crippen LogP contribution in [0.1, 0.15) is 178 Å². The van der Waals surface area contributed by atoms with Crippen molar-refractivity contribution in [1.29, 1.82) is 0 Å². The summed E-state index contributed by atoms with van der Waals surface area (Å²) in [6, 6.07) is -2.58. The molecule has 3 aliphatic carbocycles. The van der Waals surface area contributed by atoms with E-state index in [4.69, 9.17) is 9.47 Å². The number of nitrogens with one attached hydrogen (secondary N) is 6. The molecular weight excluding hydrogens is 805 g/mol. The van der Waals surface area contributed by atoms with Crippen LogP contribution in [0.15, 0.2) is 0 Å². The highest BCUT2D eigenvalue weighted by Gasteiger charge is 2.45. The standard InChI is InChI=1S/C48H84N6O9/c1-32(2)26-35(52-42(59)47(22-16-12-17-23-47)30-50-40(57)37(28-34(5)6)54-44(61)63-45(7,8)9)38(55)49-29-46(20-14-11-15-21-46)41(58)53-36(27-33(3)4)39(56)51-31-48(43(60)62-10)24-18-13-19-25-48/h32-37H,11-31H2,1-10H3,(H,49,55)(H,50,57)(H,51,56)(H,52,59)(H,53,58)(H,54,61)/t35-,36-,37-/m0/s1. The molecule has 15 heteroatoms. The normalized spacial score (nSPS) is 19.8. The minimum Gasteiger partial charge on any atom is -0.469 e. The van der Waals surface area contributed by atoms with Gasteiger partial charge in [0.05, 0.1) is 23.4 Å². The Labute approximate surface area is 378 Å². The fourth-order valence-corrected chi connectivity index (χ4v) is 9.64. The minimum absolute atomic E-state index is 0.0483. The van der Waals surface area contributed by atoms with E-state index in [9.17, 15) is 33.6 Å². The molecule has 0 spiro atoms. The third-order valence-electron chi connectivity index (χ3n) is 13.2. The Morgan fingerprint density at radius 2 is 0.778 bits per heavy atom. The van der Waals surface area contributed by atoms with E-state index in [0.29, 0.717) is 57.8 Å². The molecule has 6 N–H and O–H groups in total. The van der Waals surface area contributed by atoms with Gasteiger partial charge in [0.15, 0.2) is 0 Å². The molecule has 0 aliphatic heterocycles. The Balaban J connectivity index is 1.76. The number of amides is 6. The number of methoxy groups -OCH3 is 1. The first-order valence-electron chi connectivity index (χ1n) is 24.1. The fourth-order valence-electron chi connectivity index (χ4n) is 9.64. The van der Waals surface area contributed by atoms with Crippen LogP contribution < -0.4 is 31.9 Å². The summed E-state index contributed by atoms with van der Waals surface area (Å²) in [6.07, 6.45) is 11.7. The van der Waals surface area contributed by atoms with Crippen molar-refractivity contribution in [1.82, 2.24) is 31.9 Å². The molecule has 0 aromatic carbocycles. The molecule has 3 rings (SSSR count). The third-order valence-corrected chi connectivity index (χ3v) is 13.2. The lowest BCUT2D eigenvalue weighted by atomic mass is 9.72. The highest BCUT2D eigenvalue weighted by atomic mass is 16.6. The van der Waals surface area contributed by atoms with Gasteiger partial charge in [-0.1, -0.05) is 99.3 Å². The smallest absolute Gasteiger partial charge is 0.408 e. The van der Waals surface area contributed by atoms with E-state index in [2.05, 4.69) is 31.9 Å². The molecule has 3 atom stereocenters. The first-order chi connectivity index (χ1) is 29.6. The number of alkyl carbamates (subject to hydrolysis) is 1. The number of hydrogen-bond acceptors (Lipinski definition) is 9. The minimum atomic E-state index is -0.957. The zero-order valence-electron chi connectivity index (χ0n) is 40.5. The second-order valence-electron chi connectivity index (χ2n) is 21.3. The van der Waals surface area contributed by atoms with Crippen molar-refractivity contribution in [3.63, 3.8) is 0 Å². The lowest BCUT2D eigenvalue weighted by molar-refractivity contribution is -0.155. The van der Waals surface area contributed by atoms with E-state index >= 15 is 0 Å². The highest BCUT2D eigenvalue weighted by molar-refractivity contribution is 5.93. The average molecular weight is 889 g/mol. The molecule has 0 aromatic rings. The summed E-state index contributed by atoms with van der Waals surface area (Å²) in [5.41, 5.74) is -3.44. The molecule has 0 saturated heterocycles. The zero-order valence-corrected chi connectivity index (χ0v) is 40.5. The van der Waals surface area contributed by atoms with E-state index in [1.54, 1.807) is 20.8 Å². The quantitative estimate of drug-likeness (QED) is 0.0708. The van der Waals surface area contributed by atoms with E-state index in [1.807, 2.05) is 41.5 Å². The van der Waals surface area contributed by atoms with Gasteiger partial charge in [-0.25, -0.2) is 4.79 Å². The topological polar surface area (TPSA) is 210 Å². The van der Waals surface area contributed by atoms with Crippen molar-refractivity contribution in [3.8, 4) is 0 Å². The summed E-state index contributed by atoms with van der Waals surface area (Å²) in [5.74, 6) is -1.82. The van der Waals surface area contributed by atoms with Crippen molar-refractivity contribution in [2.45, 2.75) is 202 Å². The molecule has 6 amide bonds. The van der Waals surface area contributed by atoms with Gasteiger partial charge >= 0.3 is 12.1 Å². The van der Waals surface area contributed by atoms with E-state index in [1.165, 1.54) is 7.11 Å². The van der Waals surface area contributed by atoms with Crippen LogP contribution >= 0.6 is 0 Å². The number of carbonyl (C=O) groups excluding carboxylic acids is 7. The largest absolute Gasteiger partial charge is 0.469 e. The van der Waals surface area contributed by atoms with Crippen molar-refractivity contribution in [2.24, 2.45) is 34.0 Å². The van der Waals surface area contributed by atoms with Crippen molar-refractivity contribution in [2.75, 3.05) is 26.7 Å². The molecule has 0 radical (unpaired) electrons. The van der Waals surface area contributed by atoms with Crippen molar-refractivity contribution < 1.29 is 43.0 Å². The Hall–Kier alpha value is -3.91. The van der Waals surface area contributed by atoms with Crippen LogP contribution in [-0.4, -0.2) is 92.1 Å². The zero-order chi connectivity index (χ0) is 47.0. The molecule has 360 valence electrons. The first-order valence-corrected chi connectivity index (χ1v) is 24.1. The lowest BCUT2D eigenvalue weighted by Crippen LogP contribution is -2.59. The maximum absolute atomic E-state index is 14.4. The molecule has 0 unspecified atom stereocenters. The van der Waals surface area contributed by atoms with Crippen LogP contribution in [0.3, 0.4) is 0 Å². The van der Waals surface area contributed by atoms with Crippen LogP contribution in [0.2, 0.25) is 0 Å². The molecule has 0 heterocycles. The third kappa shape index (κ3) is 16.5. The monoisotopic (exact) mass is 889 g/mol. The van der Waals surface area contributed by atoms with Crippen LogP contribution in [0.5, 0.6) is 0 Å². The Morgan fingerprint density at radius 1 is 0.476 bits per heavy atom. The molecule has 15 nitrogen and oxygen atoms in total. The Morgan fingerprint density at radius 3 is 1.08 bits per heavy atom. The second kappa shape index (κ2) is 24.4. The molecule has 63 heavy (non-hydrogen) atoms. The van der Waals surface area contributed by atoms with Gasteiger partial charge in [-0.3, -0.25) is 28.8 Å². The molecule has 0 aromatic heterocycles. The van der Waals surface area contributed by atoms with Crippen molar-refractivity contribution >= 4 is 41.6 Å². The number of carbonyl (C=O) groups is 7. The summed E-state index contributed by atoms with van der Waals surface area (Å²) in [4.78, 5) is 96.1. The van der Waals surface area contributed by atoms with Gasteiger partial charge < -0.3 is 41.4 Å². The average Bonchev–Trinajstić information content (AvgIpc) is 3.22. The summed E-state index contributed by atoms with van der Waals surface area (Å²) in [6.45, 7) is 17.4. The number of ether oxygens (including phenoxy) is 2. The molecule has 3 fully saturated rings. The fraction of sp³-hybridized carbons (Fsp3) is 0.854. The van der Waals surface area contributed by atoms with Gasteiger partial charge in [0.1, 0.15) is 23.7 Å². The van der Waals surface area contributed by atoms with Crippen LogP contribution in [0, 0.1) is 34.0 Å². The summed E-state index contributed by atoms with van der Waals surface area (Å²) in [7, 11) is 1.37. The van der Waals surface area contributed by atoms with Gasteiger partial charge in [-0.15, -0.1) is 0 Å². The molecule has 0 bridgehead atoms. The van der Waals surface area contributed by atoms with Gasteiger partial charge in [0.25, 0.3) is 0 Å². The first kappa shape index (κ1) is 53.4. The summed E-state index contributed by atoms with van der Waals surface area (Å²) < 4.78 is 10.6.